The maximum absolute atomic E-state index is 13.2. The molecule has 3 rings (SSSR count). The molecule has 0 unspecified atom stereocenters. The average Bonchev–Trinajstić information content (AvgIpc) is 2.65. The van der Waals surface area contributed by atoms with Crippen LogP contribution in [0.4, 0.5) is 10.1 Å². The topological polar surface area (TPSA) is 38.3 Å². The molecule has 0 radical (unpaired) electrons. The van der Waals surface area contributed by atoms with Crippen molar-refractivity contribution in [2.24, 2.45) is 0 Å². The van der Waals surface area contributed by atoms with Gasteiger partial charge >= 0.3 is 0 Å². The zero-order valence-electron chi connectivity index (χ0n) is 14.1. The molecule has 132 valence electrons. The lowest BCUT2D eigenvalue weighted by Gasteiger charge is -2.17. The smallest absolute Gasteiger partial charge is 0.265 e. The van der Waals surface area contributed by atoms with Crippen molar-refractivity contribution in [1.29, 1.82) is 0 Å². The van der Waals surface area contributed by atoms with E-state index in [2.05, 4.69) is 21.2 Å². The standard InChI is InChI=1S/C21H17BrFNO2/c1-14(26-20-12-11-16(23)13-18(20)22)21(25)24-19-10-6-5-9-17(19)15-7-3-2-4-8-15/h2-14H,1H3,(H,24,25)/t14-/m1/s1. The van der Waals surface area contributed by atoms with Crippen LogP contribution >= 0.6 is 15.9 Å². The molecular weight excluding hydrogens is 397 g/mol. The first-order valence-electron chi connectivity index (χ1n) is 8.11. The first-order chi connectivity index (χ1) is 12.5. The molecule has 3 nitrogen and oxygen atoms in total. The predicted octanol–water partition coefficient (Wildman–Crippen LogP) is 5.66. The Hall–Kier alpha value is -2.66. The minimum Gasteiger partial charge on any atom is -0.480 e. The lowest BCUT2D eigenvalue weighted by molar-refractivity contribution is -0.122. The van der Waals surface area contributed by atoms with E-state index in [4.69, 9.17) is 4.74 Å². The fraction of sp³-hybridized carbons (Fsp3) is 0.0952. The highest BCUT2D eigenvalue weighted by molar-refractivity contribution is 9.10. The third-order valence-electron chi connectivity index (χ3n) is 3.84. The van der Waals surface area contributed by atoms with Crippen molar-refractivity contribution in [3.63, 3.8) is 0 Å². The van der Waals surface area contributed by atoms with Gasteiger partial charge < -0.3 is 10.1 Å². The molecule has 0 spiro atoms. The summed E-state index contributed by atoms with van der Waals surface area (Å²) in [6.07, 6.45) is -0.749. The highest BCUT2D eigenvalue weighted by Gasteiger charge is 2.18. The zero-order chi connectivity index (χ0) is 18.5. The van der Waals surface area contributed by atoms with Crippen molar-refractivity contribution in [3.8, 4) is 16.9 Å². The Morgan fingerprint density at radius 1 is 1.04 bits per heavy atom. The van der Waals surface area contributed by atoms with Gasteiger partial charge in [0.15, 0.2) is 6.10 Å². The second kappa shape index (κ2) is 8.15. The Bertz CT molecular complexity index is 915. The van der Waals surface area contributed by atoms with Gasteiger partial charge in [0.1, 0.15) is 11.6 Å². The number of hydrogen-bond donors (Lipinski definition) is 1. The van der Waals surface area contributed by atoms with Crippen LogP contribution in [0.2, 0.25) is 0 Å². The predicted molar refractivity (Wildman–Crippen MR) is 105 cm³/mol. The SMILES string of the molecule is C[C@@H](Oc1ccc(F)cc1Br)C(=O)Nc1ccccc1-c1ccccc1. The van der Waals surface area contributed by atoms with Crippen molar-refractivity contribution < 1.29 is 13.9 Å². The quantitative estimate of drug-likeness (QED) is 0.585. The van der Waals surface area contributed by atoms with E-state index < -0.39 is 6.10 Å². The second-order valence-corrected chi connectivity index (χ2v) is 6.59. The molecule has 0 fully saturated rings. The summed E-state index contributed by atoms with van der Waals surface area (Å²) in [5, 5.41) is 2.91. The average molecular weight is 414 g/mol. The van der Waals surface area contributed by atoms with Crippen molar-refractivity contribution in [3.05, 3.63) is 83.1 Å². The molecule has 0 heterocycles. The van der Waals surface area contributed by atoms with E-state index >= 15 is 0 Å². The van der Waals surface area contributed by atoms with Gasteiger partial charge in [0.2, 0.25) is 0 Å². The van der Waals surface area contributed by atoms with E-state index in [1.807, 2.05) is 54.6 Å². The van der Waals surface area contributed by atoms with E-state index in [-0.39, 0.29) is 11.7 Å². The number of nitrogens with one attached hydrogen (secondary N) is 1. The largest absolute Gasteiger partial charge is 0.480 e. The van der Waals surface area contributed by atoms with Gasteiger partial charge in [-0.3, -0.25) is 4.79 Å². The van der Waals surface area contributed by atoms with Crippen molar-refractivity contribution in [2.45, 2.75) is 13.0 Å². The molecule has 26 heavy (non-hydrogen) atoms. The minimum atomic E-state index is -0.749. The van der Waals surface area contributed by atoms with E-state index in [1.54, 1.807) is 6.92 Å². The summed E-state index contributed by atoms with van der Waals surface area (Å²) >= 11 is 3.24. The number of halogens is 2. The molecule has 0 aliphatic rings. The van der Waals surface area contributed by atoms with Crippen molar-refractivity contribution >= 4 is 27.5 Å². The first-order valence-corrected chi connectivity index (χ1v) is 8.91. The van der Waals surface area contributed by atoms with Crippen molar-refractivity contribution in [2.75, 3.05) is 5.32 Å². The number of carbonyl (C=O) groups excluding carboxylic acids is 1. The van der Waals surface area contributed by atoms with Crippen LogP contribution in [0.1, 0.15) is 6.92 Å². The molecule has 0 aliphatic heterocycles. The summed E-state index contributed by atoms with van der Waals surface area (Å²) in [6, 6.07) is 21.5. The van der Waals surface area contributed by atoms with Crippen LogP contribution in [-0.4, -0.2) is 12.0 Å². The number of anilines is 1. The molecular formula is C21H17BrFNO2. The third kappa shape index (κ3) is 4.29. The van der Waals surface area contributed by atoms with Gasteiger partial charge in [0, 0.05) is 11.3 Å². The highest BCUT2D eigenvalue weighted by atomic mass is 79.9. The van der Waals surface area contributed by atoms with Crippen LogP contribution in [0.3, 0.4) is 0 Å². The third-order valence-corrected chi connectivity index (χ3v) is 4.46. The molecule has 0 aromatic heterocycles. The molecule has 0 aliphatic carbocycles. The minimum absolute atomic E-state index is 0.287. The second-order valence-electron chi connectivity index (χ2n) is 5.74. The summed E-state index contributed by atoms with van der Waals surface area (Å²) in [7, 11) is 0. The Kier molecular flexibility index (Phi) is 5.68. The van der Waals surface area contributed by atoms with Gasteiger partial charge in [-0.2, -0.15) is 0 Å². The van der Waals surface area contributed by atoms with Crippen LogP contribution in [0.5, 0.6) is 5.75 Å². The van der Waals surface area contributed by atoms with Crippen LogP contribution in [0, 0.1) is 5.82 Å². The lowest BCUT2D eigenvalue weighted by atomic mass is 10.0. The molecule has 3 aromatic rings. The molecule has 0 saturated carbocycles. The van der Waals surface area contributed by atoms with E-state index in [0.717, 1.165) is 11.1 Å². The maximum atomic E-state index is 13.2. The summed E-state index contributed by atoms with van der Waals surface area (Å²) in [5.74, 6) is -0.256. The van der Waals surface area contributed by atoms with Crippen LogP contribution < -0.4 is 10.1 Å². The van der Waals surface area contributed by atoms with Crippen LogP contribution in [0.15, 0.2) is 77.3 Å². The molecule has 1 atom stereocenters. The summed E-state index contributed by atoms with van der Waals surface area (Å²) in [6.45, 7) is 1.65. The number of amides is 1. The van der Waals surface area contributed by atoms with Crippen LogP contribution in [-0.2, 0) is 4.79 Å². The number of carbonyl (C=O) groups is 1. The lowest BCUT2D eigenvalue weighted by Crippen LogP contribution is -2.30. The summed E-state index contributed by atoms with van der Waals surface area (Å²) in [4.78, 5) is 12.6. The number of ether oxygens (including phenoxy) is 1. The van der Waals surface area contributed by atoms with Crippen molar-refractivity contribution in [1.82, 2.24) is 0 Å². The first kappa shape index (κ1) is 18.1. The van der Waals surface area contributed by atoms with E-state index in [9.17, 15) is 9.18 Å². The zero-order valence-corrected chi connectivity index (χ0v) is 15.7. The summed E-state index contributed by atoms with van der Waals surface area (Å²) in [5.41, 5.74) is 2.65. The Balaban J connectivity index is 1.76. The Morgan fingerprint density at radius 2 is 1.73 bits per heavy atom. The molecule has 0 bridgehead atoms. The van der Waals surface area contributed by atoms with Gasteiger partial charge in [0.25, 0.3) is 5.91 Å². The number of benzene rings is 3. The fourth-order valence-corrected chi connectivity index (χ4v) is 2.95. The number of hydrogen-bond acceptors (Lipinski definition) is 2. The molecule has 3 aromatic carbocycles. The fourth-order valence-electron chi connectivity index (χ4n) is 2.51. The molecule has 0 saturated heterocycles. The number of para-hydroxylation sites is 1. The Labute approximate surface area is 159 Å². The molecule has 1 N–H and O–H groups in total. The van der Waals surface area contributed by atoms with Gasteiger partial charge in [-0.1, -0.05) is 48.5 Å². The molecule has 1 amide bonds. The summed E-state index contributed by atoms with van der Waals surface area (Å²) < 4.78 is 19.3. The molecule has 5 heteroatoms. The van der Waals surface area contributed by atoms with Gasteiger partial charge in [-0.25, -0.2) is 4.39 Å². The number of rotatable bonds is 5. The van der Waals surface area contributed by atoms with E-state index in [1.165, 1.54) is 18.2 Å². The van der Waals surface area contributed by atoms with Gasteiger partial charge in [0.05, 0.1) is 4.47 Å². The van der Waals surface area contributed by atoms with Gasteiger partial charge in [-0.15, -0.1) is 0 Å². The highest BCUT2D eigenvalue weighted by Crippen LogP contribution is 2.29. The maximum Gasteiger partial charge on any atom is 0.265 e. The monoisotopic (exact) mass is 413 g/mol. The van der Waals surface area contributed by atoms with Gasteiger partial charge in [-0.05, 0) is 52.7 Å². The Morgan fingerprint density at radius 3 is 2.46 bits per heavy atom. The normalized spacial score (nSPS) is 11.7. The van der Waals surface area contributed by atoms with E-state index in [0.29, 0.717) is 15.9 Å². The van der Waals surface area contributed by atoms with Crippen LogP contribution in [0.25, 0.3) is 11.1 Å².